The predicted octanol–water partition coefficient (Wildman–Crippen LogP) is 4.72. The fourth-order valence-corrected chi connectivity index (χ4v) is 2.83. The van der Waals surface area contributed by atoms with Crippen molar-refractivity contribution >= 4 is 50.7 Å². The molecule has 0 unspecified atom stereocenters. The summed E-state index contributed by atoms with van der Waals surface area (Å²) in [4.78, 5) is 16.1. The highest BCUT2D eigenvalue weighted by Crippen LogP contribution is 2.32. The maximum atomic E-state index is 12.3. The van der Waals surface area contributed by atoms with Gasteiger partial charge in [-0.15, -0.1) is 0 Å². The van der Waals surface area contributed by atoms with Crippen LogP contribution in [0, 0.1) is 6.92 Å². The Balaban J connectivity index is 2.35. The van der Waals surface area contributed by atoms with Crippen molar-refractivity contribution in [2.45, 2.75) is 6.92 Å². The first kappa shape index (κ1) is 16.1. The van der Waals surface area contributed by atoms with Gasteiger partial charge in [0, 0.05) is 10.0 Å². The van der Waals surface area contributed by atoms with E-state index in [0.29, 0.717) is 17.0 Å². The number of amides is 1. The molecule has 1 amide bonds. The maximum Gasteiger partial charge on any atom is 0.255 e. The molecule has 0 fully saturated rings. The molecule has 0 aliphatic carbocycles. The van der Waals surface area contributed by atoms with E-state index in [0.717, 1.165) is 10.0 Å². The van der Waals surface area contributed by atoms with Gasteiger partial charge in [-0.25, -0.2) is 4.98 Å². The second-order valence-corrected chi connectivity index (χ2v) is 5.95. The summed E-state index contributed by atoms with van der Waals surface area (Å²) in [6, 6.07) is 6.55. The Morgan fingerprint density at radius 1 is 1.24 bits per heavy atom. The van der Waals surface area contributed by atoms with Gasteiger partial charge in [-0.2, -0.15) is 0 Å². The van der Waals surface area contributed by atoms with Crippen molar-refractivity contribution in [1.29, 1.82) is 0 Å². The summed E-state index contributed by atoms with van der Waals surface area (Å²) in [5.41, 5.74) is 1.78. The Morgan fingerprint density at radius 2 is 1.86 bits per heavy atom. The van der Waals surface area contributed by atoms with Crippen LogP contribution in [-0.4, -0.2) is 18.0 Å². The van der Waals surface area contributed by atoms with E-state index in [2.05, 4.69) is 26.2 Å². The van der Waals surface area contributed by atoms with Crippen LogP contribution in [0.5, 0.6) is 5.75 Å². The van der Waals surface area contributed by atoms with E-state index in [-0.39, 0.29) is 16.2 Å². The Hall–Kier alpha value is -1.30. The molecule has 0 bridgehead atoms. The summed E-state index contributed by atoms with van der Waals surface area (Å²) in [6.45, 7) is 1.87. The third-order valence-electron chi connectivity index (χ3n) is 2.75. The lowest BCUT2D eigenvalue weighted by Gasteiger charge is -2.14. The Bertz CT molecular complexity index is 687. The molecule has 1 heterocycles. The molecule has 1 aromatic heterocycles. The van der Waals surface area contributed by atoms with Crippen molar-refractivity contribution in [1.82, 2.24) is 4.98 Å². The fourth-order valence-electron chi connectivity index (χ4n) is 1.82. The number of ether oxygens (including phenoxy) is 1. The molecule has 1 N–H and O–H groups in total. The van der Waals surface area contributed by atoms with E-state index in [1.807, 2.05) is 13.0 Å². The van der Waals surface area contributed by atoms with Crippen LogP contribution in [0.1, 0.15) is 15.9 Å². The van der Waals surface area contributed by atoms with E-state index in [1.165, 1.54) is 19.2 Å². The molecule has 0 saturated carbocycles. The monoisotopic (exact) mass is 388 g/mol. The topological polar surface area (TPSA) is 51.2 Å². The van der Waals surface area contributed by atoms with Gasteiger partial charge < -0.3 is 10.1 Å². The summed E-state index contributed by atoms with van der Waals surface area (Å²) < 4.78 is 6.15. The van der Waals surface area contributed by atoms with Crippen molar-refractivity contribution in [3.63, 3.8) is 0 Å². The first-order valence-corrected chi connectivity index (χ1v) is 7.44. The molecule has 0 spiro atoms. The van der Waals surface area contributed by atoms with Crippen molar-refractivity contribution in [2.75, 3.05) is 12.4 Å². The van der Waals surface area contributed by atoms with E-state index in [9.17, 15) is 4.79 Å². The predicted molar refractivity (Wildman–Crippen MR) is 87.6 cm³/mol. The van der Waals surface area contributed by atoms with Gasteiger partial charge in [-0.3, -0.25) is 4.79 Å². The highest BCUT2D eigenvalue weighted by atomic mass is 79.9. The molecule has 7 heteroatoms. The van der Waals surface area contributed by atoms with Crippen LogP contribution in [0.15, 0.2) is 28.7 Å². The average molecular weight is 390 g/mol. The van der Waals surface area contributed by atoms with E-state index in [1.54, 1.807) is 6.07 Å². The van der Waals surface area contributed by atoms with Gasteiger partial charge in [0.1, 0.15) is 16.1 Å². The Morgan fingerprint density at radius 3 is 2.43 bits per heavy atom. The number of anilines is 1. The fraction of sp³-hybridized carbons (Fsp3) is 0.143. The minimum Gasteiger partial charge on any atom is -0.495 e. The molecule has 1 aromatic carbocycles. The van der Waals surface area contributed by atoms with Crippen LogP contribution >= 0.6 is 39.1 Å². The number of benzene rings is 1. The first-order chi connectivity index (χ1) is 9.90. The molecule has 2 aromatic rings. The van der Waals surface area contributed by atoms with Crippen molar-refractivity contribution in [2.24, 2.45) is 0 Å². The van der Waals surface area contributed by atoms with Gasteiger partial charge in [-0.05, 0) is 36.8 Å². The summed E-state index contributed by atoms with van der Waals surface area (Å²) in [5.74, 6) is 0.214. The number of aromatic nitrogens is 1. The van der Waals surface area contributed by atoms with E-state index in [4.69, 9.17) is 27.9 Å². The molecule has 4 nitrogen and oxygen atoms in total. The number of nitrogens with one attached hydrogen (secondary N) is 1. The van der Waals surface area contributed by atoms with Gasteiger partial charge in [0.25, 0.3) is 5.91 Å². The van der Waals surface area contributed by atoms with Gasteiger partial charge in [0.05, 0.1) is 12.8 Å². The molecule has 0 saturated heterocycles. The number of nitrogens with zero attached hydrogens (tertiary/aromatic N) is 1. The lowest BCUT2D eigenvalue weighted by molar-refractivity contribution is 0.102. The van der Waals surface area contributed by atoms with Crippen LogP contribution in [0.3, 0.4) is 0 Å². The number of halogens is 3. The first-order valence-electron chi connectivity index (χ1n) is 5.89. The number of carbonyl (C=O) groups excluding carboxylic acids is 1. The number of rotatable bonds is 3. The zero-order valence-electron chi connectivity index (χ0n) is 11.2. The summed E-state index contributed by atoms with van der Waals surface area (Å²) >= 11 is 15.0. The van der Waals surface area contributed by atoms with Crippen molar-refractivity contribution in [3.05, 3.63) is 50.2 Å². The highest BCUT2D eigenvalue weighted by Gasteiger charge is 2.14. The van der Waals surface area contributed by atoms with Gasteiger partial charge in [0.2, 0.25) is 0 Å². The zero-order chi connectivity index (χ0) is 15.6. The minimum absolute atomic E-state index is 0.159. The largest absolute Gasteiger partial charge is 0.495 e. The van der Waals surface area contributed by atoms with Gasteiger partial charge in [0.15, 0.2) is 0 Å². The average Bonchev–Trinajstić information content (AvgIpc) is 2.40. The van der Waals surface area contributed by atoms with E-state index >= 15 is 0 Å². The smallest absolute Gasteiger partial charge is 0.255 e. The summed E-state index contributed by atoms with van der Waals surface area (Å²) in [6.07, 6.45) is 0. The van der Waals surface area contributed by atoms with Crippen LogP contribution < -0.4 is 10.1 Å². The Labute approximate surface area is 140 Å². The highest BCUT2D eigenvalue weighted by molar-refractivity contribution is 9.10. The SMILES string of the molecule is COc1cc(Br)cc(C)c1NC(=O)c1cc(Cl)nc(Cl)c1. The third-order valence-corrected chi connectivity index (χ3v) is 3.59. The third kappa shape index (κ3) is 3.87. The molecule has 0 aliphatic rings. The standard InChI is InChI=1S/C14H11BrCl2N2O2/c1-7-3-9(15)6-10(21-2)13(7)19-14(20)8-4-11(16)18-12(17)5-8/h3-6H,1-2H3,(H,19,20). The number of hydrogen-bond acceptors (Lipinski definition) is 3. The van der Waals surface area contributed by atoms with Crippen molar-refractivity contribution < 1.29 is 9.53 Å². The molecule has 2 rings (SSSR count). The van der Waals surface area contributed by atoms with Crippen LogP contribution in [0.25, 0.3) is 0 Å². The second kappa shape index (κ2) is 6.64. The number of methoxy groups -OCH3 is 1. The van der Waals surface area contributed by atoms with Gasteiger partial charge in [-0.1, -0.05) is 39.1 Å². The van der Waals surface area contributed by atoms with Crippen LogP contribution in [0.4, 0.5) is 5.69 Å². The maximum absolute atomic E-state index is 12.3. The normalized spacial score (nSPS) is 10.3. The Kier molecular flexibility index (Phi) is 5.08. The van der Waals surface area contributed by atoms with Crippen molar-refractivity contribution in [3.8, 4) is 5.75 Å². The summed E-state index contributed by atoms with van der Waals surface area (Å²) in [5, 5.41) is 3.12. The number of hydrogen-bond donors (Lipinski definition) is 1. The lowest BCUT2D eigenvalue weighted by Crippen LogP contribution is -2.14. The molecule has 0 atom stereocenters. The molecule has 0 radical (unpaired) electrons. The molecule has 110 valence electrons. The van der Waals surface area contributed by atoms with Crippen LogP contribution in [-0.2, 0) is 0 Å². The van der Waals surface area contributed by atoms with Crippen LogP contribution in [0.2, 0.25) is 10.3 Å². The number of pyridine rings is 1. The minimum atomic E-state index is -0.343. The molecular formula is C14H11BrCl2N2O2. The zero-order valence-corrected chi connectivity index (χ0v) is 14.3. The number of aryl methyl sites for hydroxylation is 1. The number of carbonyl (C=O) groups is 1. The molecular weight excluding hydrogens is 379 g/mol. The summed E-state index contributed by atoms with van der Waals surface area (Å²) in [7, 11) is 1.54. The second-order valence-electron chi connectivity index (χ2n) is 4.26. The molecule has 0 aliphatic heterocycles. The van der Waals surface area contributed by atoms with Gasteiger partial charge >= 0.3 is 0 Å². The molecule has 21 heavy (non-hydrogen) atoms. The van der Waals surface area contributed by atoms with E-state index < -0.39 is 0 Å². The lowest BCUT2D eigenvalue weighted by atomic mass is 10.1. The quantitative estimate of drug-likeness (QED) is 0.772.